The topological polar surface area (TPSA) is 29.3 Å². The van der Waals surface area contributed by atoms with Crippen LogP contribution in [-0.2, 0) is 0 Å². The molecule has 0 saturated heterocycles. The third-order valence-corrected chi connectivity index (χ3v) is 3.26. The molecule has 0 saturated carbocycles. The quantitative estimate of drug-likeness (QED) is 0.826. The molecule has 0 heterocycles. The predicted molar refractivity (Wildman–Crippen MR) is 70.5 cm³/mol. The van der Waals surface area contributed by atoms with E-state index in [0.29, 0.717) is 6.04 Å². The second-order valence-electron chi connectivity index (χ2n) is 4.83. The van der Waals surface area contributed by atoms with Crippen LogP contribution in [0.4, 0.5) is 0 Å². The van der Waals surface area contributed by atoms with Crippen LogP contribution in [0, 0.1) is 6.92 Å². The van der Waals surface area contributed by atoms with Gasteiger partial charge in [-0.2, -0.15) is 0 Å². The van der Waals surface area contributed by atoms with E-state index in [0.717, 1.165) is 13.0 Å². The second-order valence-corrected chi connectivity index (χ2v) is 4.83. The van der Waals surface area contributed by atoms with E-state index in [1.807, 2.05) is 0 Å². The van der Waals surface area contributed by atoms with Gasteiger partial charge in [-0.1, -0.05) is 24.3 Å². The molecule has 2 heteroatoms. The van der Waals surface area contributed by atoms with Gasteiger partial charge in [0.2, 0.25) is 0 Å². The van der Waals surface area contributed by atoms with Gasteiger partial charge >= 0.3 is 0 Å². The maximum atomic E-state index is 6.22. The van der Waals surface area contributed by atoms with Gasteiger partial charge in [-0.05, 0) is 51.9 Å². The fourth-order valence-corrected chi connectivity index (χ4v) is 1.76. The molecule has 90 valence electrons. The molecule has 0 amide bonds. The van der Waals surface area contributed by atoms with E-state index in [9.17, 15) is 0 Å². The van der Waals surface area contributed by atoms with Crippen molar-refractivity contribution in [2.45, 2.75) is 39.3 Å². The van der Waals surface area contributed by atoms with Gasteiger partial charge in [0.1, 0.15) is 0 Å². The Hall–Kier alpha value is -0.860. The van der Waals surface area contributed by atoms with Crippen molar-refractivity contribution in [3.8, 4) is 0 Å². The van der Waals surface area contributed by atoms with Gasteiger partial charge in [-0.25, -0.2) is 0 Å². The molecular weight excluding hydrogens is 196 g/mol. The Bertz CT molecular complexity index is 320. The van der Waals surface area contributed by atoms with Gasteiger partial charge < -0.3 is 10.6 Å². The molecule has 0 aliphatic heterocycles. The summed E-state index contributed by atoms with van der Waals surface area (Å²) >= 11 is 0. The first-order valence-electron chi connectivity index (χ1n) is 6.03. The van der Waals surface area contributed by atoms with E-state index in [4.69, 9.17) is 5.73 Å². The lowest BCUT2D eigenvalue weighted by Gasteiger charge is -2.23. The summed E-state index contributed by atoms with van der Waals surface area (Å²) in [5.41, 5.74) is 8.79. The van der Waals surface area contributed by atoms with Gasteiger partial charge in [0.25, 0.3) is 0 Å². The highest BCUT2D eigenvalue weighted by Gasteiger charge is 2.10. The largest absolute Gasteiger partial charge is 0.324 e. The Morgan fingerprint density at radius 1 is 1.25 bits per heavy atom. The Morgan fingerprint density at radius 3 is 2.44 bits per heavy atom. The summed E-state index contributed by atoms with van der Waals surface area (Å²) < 4.78 is 0. The lowest BCUT2D eigenvalue weighted by molar-refractivity contribution is 0.263. The Balaban J connectivity index is 2.53. The highest BCUT2D eigenvalue weighted by atomic mass is 15.1. The van der Waals surface area contributed by atoms with Crippen LogP contribution < -0.4 is 5.73 Å². The number of benzene rings is 1. The standard InChI is InChI=1S/C14H24N2/c1-11(2)16(4)10-9-14(15)13-8-6-5-7-12(13)3/h5-8,11,14H,9-10,15H2,1-4H3. The maximum absolute atomic E-state index is 6.22. The highest BCUT2D eigenvalue weighted by Crippen LogP contribution is 2.18. The van der Waals surface area contributed by atoms with Gasteiger partial charge in [-0.15, -0.1) is 0 Å². The van der Waals surface area contributed by atoms with Crippen LogP contribution in [-0.4, -0.2) is 24.5 Å². The van der Waals surface area contributed by atoms with Crippen LogP contribution in [0.5, 0.6) is 0 Å². The average Bonchev–Trinajstić information content (AvgIpc) is 2.25. The Kier molecular flexibility index (Phi) is 4.97. The van der Waals surface area contributed by atoms with Crippen molar-refractivity contribution in [2.75, 3.05) is 13.6 Å². The van der Waals surface area contributed by atoms with Crippen LogP contribution >= 0.6 is 0 Å². The molecule has 1 rings (SSSR count). The lowest BCUT2D eigenvalue weighted by Crippen LogP contribution is -2.29. The summed E-state index contributed by atoms with van der Waals surface area (Å²) in [6, 6.07) is 9.13. The minimum Gasteiger partial charge on any atom is -0.324 e. The van der Waals surface area contributed by atoms with Crippen molar-refractivity contribution in [1.29, 1.82) is 0 Å². The van der Waals surface area contributed by atoms with Crippen LogP contribution in [0.1, 0.15) is 37.4 Å². The SMILES string of the molecule is Cc1ccccc1C(N)CCN(C)C(C)C. The summed E-state index contributed by atoms with van der Waals surface area (Å²) in [5, 5.41) is 0. The van der Waals surface area contributed by atoms with Crippen molar-refractivity contribution >= 4 is 0 Å². The molecule has 1 atom stereocenters. The van der Waals surface area contributed by atoms with Gasteiger partial charge in [0.15, 0.2) is 0 Å². The van der Waals surface area contributed by atoms with E-state index < -0.39 is 0 Å². The molecule has 16 heavy (non-hydrogen) atoms. The van der Waals surface area contributed by atoms with Crippen molar-refractivity contribution in [1.82, 2.24) is 4.90 Å². The van der Waals surface area contributed by atoms with E-state index in [-0.39, 0.29) is 6.04 Å². The number of rotatable bonds is 5. The molecule has 0 aromatic heterocycles. The van der Waals surface area contributed by atoms with E-state index in [2.05, 4.69) is 57.0 Å². The van der Waals surface area contributed by atoms with Crippen LogP contribution in [0.3, 0.4) is 0 Å². The summed E-state index contributed by atoms with van der Waals surface area (Å²) in [6.45, 7) is 7.59. The van der Waals surface area contributed by atoms with Crippen LogP contribution in [0.2, 0.25) is 0 Å². The lowest BCUT2D eigenvalue weighted by atomic mass is 9.99. The normalized spacial score (nSPS) is 13.4. The minimum atomic E-state index is 0.155. The average molecular weight is 220 g/mol. The predicted octanol–water partition coefficient (Wildman–Crippen LogP) is 2.73. The van der Waals surface area contributed by atoms with E-state index >= 15 is 0 Å². The zero-order chi connectivity index (χ0) is 12.1. The smallest absolute Gasteiger partial charge is 0.0309 e. The molecule has 1 unspecified atom stereocenters. The molecule has 2 nitrogen and oxygen atoms in total. The second kappa shape index (κ2) is 6.02. The Morgan fingerprint density at radius 2 is 1.88 bits per heavy atom. The maximum Gasteiger partial charge on any atom is 0.0309 e. The molecule has 0 fully saturated rings. The minimum absolute atomic E-state index is 0.155. The Labute approximate surface area is 99.5 Å². The number of hydrogen-bond acceptors (Lipinski definition) is 2. The van der Waals surface area contributed by atoms with Crippen LogP contribution in [0.15, 0.2) is 24.3 Å². The third kappa shape index (κ3) is 3.62. The summed E-state index contributed by atoms with van der Waals surface area (Å²) in [4.78, 5) is 2.33. The third-order valence-electron chi connectivity index (χ3n) is 3.26. The van der Waals surface area contributed by atoms with Crippen molar-refractivity contribution in [2.24, 2.45) is 5.73 Å². The first kappa shape index (κ1) is 13.2. The number of hydrogen-bond donors (Lipinski definition) is 1. The number of aryl methyl sites for hydroxylation is 1. The molecule has 2 N–H and O–H groups in total. The molecule has 0 aliphatic carbocycles. The fraction of sp³-hybridized carbons (Fsp3) is 0.571. The monoisotopic (exact) mass is 220 g/mol. The van der Waals surface area contributed by atoms with Gasteiger partial charge in [0.05, 0.1) is 0 Å². The van der Waals surface area contributed by atoms with Crippen LogP contribution in [0.25, 0.3) is 0 Å². The number of nitrogens with zero attached hydrogens (tertiary/aromatic N) is 1. The molecule has 0 radical (unpaired) electrons. The summed E-state index contributed by atoms with van der Waals surface area (Å²) in [7, 11) is 2.15. The fourth-order valence-electron chi connectivity index (χ4n) is 1.76. The van der Waals surface area contributed by atoms with E-state index in [1.54, 1.807) is 0 Å². The molecule has 1 aromatic rings. The number of nitrogens with two attached hydrogens (primary N) is 1. The van der Waals surface area contributed by atoms with Crippen molar-refractivity contribution in [3.63, 3.8) is 0 Å². The van der Waals surface area contributed by atoms with Gasteiger partial charge in [0, 0.05) is 12.1 Å². The molecule has 0 spiro atoms. The first-order chi connectivity index (χ1) is 7.52. The highest BCUT2D eigenvalue weighted by molar-refractivity contribution is 5.28. The van der Waals surface area contributed by atoms with Crippen molar-refractivity contribution in [3.05, 3.63) is 35.4 Å². The molecular formula is C14H24N2. The zero-order valence-electron chi connectivity index (χ0n) is 10.9. The molecule has 1 aromatic carbocycles. The molecule has 0 aliphatic rings. The first-order valence-corrected chi connectivity index (χ1v) is 6.03. The van der Waals surface area contributed by atoms with Crippen molar-refractivity contribution < 1.29 is 0 Å². The molecule has 0 bridgehead atoms. The van der Waals surface area contributed by atoms with E-state index in [1.165, 1.54) is 11.1 Å². The summed E-state index contributed by atoms with van der Waals surface area (Å²) in [5.74, 6) is 0. The van der Waals surface area contributed by atoms with Gasteiger partial charge in [-0.3, -0.25) is 0 Å². The summed E-state index contributed by atoms with van der Waals surface area (Å²) in [6.07, 6.45) is 1.01. The zero-order valence-corrected chi connectivity index (χ0v) is 10.9.